The van der Waals surface area contributed by atoms with Crippen LogP contribution in [0.4, 0.5) is 5.13 Å². The second kappa shape index (κ2) is 9.60. The lowest BCUT2D eigenvalue weighted by Gasteiger charge is -2.32. The topological polar surface area (TPSA) is 79.4 Å². The zero-order chi connectivity index (χ0) is 22.7. The van der Waals surface area contributed by atoms with Crippen molar-refractivity contribution in [2.24, 2.45) is 5.92 Å². The molecule has 1 N–H and O–H groups in total. The van der Waals surface area contributed by atoms with Crippen LogP contribution in [0.25, 0.3) is 0 Å². The molecule has 0 bridgehead atoms. The number of aryl methyl sites for hydroxylation is 1. The number of aromatic nitrogens is 1. The Labute approximate surface area is 197 Å². The minimum Gasteiger partial charge on any atom is -0.338 e. The molecule has 9 heteroatoms. The number of anilines is 1. The Morgan fingerprint density at radius 1 is 1.12 bits per heavy atom. The standard InChI is InChI=1S/C23H24ClN3O3S2/c1-16-21(31-23(25-16)26-32(29,30)20-9-7-19(24)8-10-20)22(28)27-13-11-18(12-14-27)15-17-5-3-2-4-6-17/h2-10,18H,11-15H2,1H3,(H,25,26). The quantitative estimate of drug-likeness (QED) is 0.528. The van der Waals surface area contributed by atoms with E-state index in [9.17, 15) is 13.2 Å². The first kappa shape index (κ1) is 22.8. The van der Waals surface area contributed by atoms with E-state index in [4.69, 9.17) is 11.6 Å². The van der Waals surface area contributed by atoms with Gasteiger partial charge in [0.05, 0.1) is 10.6 Å². The smallest absolute Gasteiger partial charge is 0.265 e. The minimum absolute atomic E-state index is 0.0862. The highest BCUT2D eigenvalue weighted by atomic mass is 35.5. The molecule has 2 aromatic carbocycles. The number of sulfonamides is 1. The van der Waals surface area contributed by atoms with Crippen LogP contribution in [0.3, 0.4) is 0 Å². The van der Waals surface area contributed by atoms with Crippen molar-refractivity contribution in [3.05, 3.63) is 75.8 Å². The van der Waals surface area contributed by atoms with E-state index in [1.54, 1.807) is 6.92 Å². The van der Waals surface area contributed by atoms with Crippen molar-refractivity contribution in [3.8, 4) is 0 Å². The van der Waals surface area contributed by atoms with Crippen LogP contribution in [0, 0.1) is 12.8 Å². The third-order valence-corrected chi connectivity index (χ3v) is 8.40. The summed E-state index contributed by atoms with van der Waals surface area (Å²) in [4.78, 5) is 19.8. The van der Waals surface area contributed by atoms with Gasteiger partial charge in [0.2, 0.25) is 0 Å². The van der Waals surface area contributed by atoms with Gasteiger partial charge in [0.25, 0.3) is 15.9 Å². The predicted octanol–water partition coefficient (Wildman–Crippen LogP) is 5.00. The van der Waals surface area contributed by atoms with E-state index in [1.165, 1.54) is 29.8 Å². The lowest BCUT2D eigenvalue weighted by Crippen LogP contribution is -2.38. The Kier molecular flexibility index (Phi) is 6.83. The molecule has 2 heterocycles. The molecule has 1 amide bonds. The fourth-order valence-corrected chi connectivity index (χ4v) is 6.15. The maximum Gasteiger partial charge on any atom is 0.265 e. The first-order chi connectivity index (χ1) is 15.3. The number of hydrogen-bond acceptors (Lipinski definition) is 5. The number of benzene rings is 2. The first-order valence-corrected chi connectivity index (χ1v) is 13.1. The molecule has 32 heavy (non-hydrogen) atoms. The highest BCUT2D eigenvalue weighted by Gasteiger charge is 2.27. The van der Waals surface area contributed by atoms with E-state index < -0.39 is 10.0 Å². The zero-order valence-corrected chi connectivity index (χ0v) is 20.0. The molecule has 1 aliphatic rings. The van der Waals surface area contributed by atoms with Crippen molar-refractivity contribution in [3.63, 3.8) is 0 Å². The van der Waals surface area contributed by atoms with E-state index in [0.29, 0.717) is 34.6 Å². The van der Waals surface area contributed by atoms with Gasteiger partial charge in [0.15, 0.2) is 5.13 Å². The fraction of sp³-hybridized carbons (Fsp3) is 0.304. The van der Waals surface area contributed by atoms with E-state index in [-0.39, 0.29) is 15.9 Å². The fourth-order valence-electron chi connectivity index (χ4n) is 3.86. The SMILES string of the molecule is Cc1nc(NS(=O)(=O)c2ccc(Cl)cc2)sc1C(=O)N1CCC(Cc2ccccc2)CC1. The average molecular weight is 490 g/mol. The summed E-state index contributed by atoms with van der Waals surface area (Å²) in [5.41, 5.74) is 1.86. The summed E-state index contributed by atoms with van der Waals surface area (Å²) in [6.45, 7) is 3.12. The van der Waals surface area contributed by atoms with Crippen LogP contribution < -0.4 is 4.72 Å². The largest absolute Gasteiger partial charge is 0.338 e. The van der Waals surface area contributed by atoms with Gasteiger partial charge in [-0.3, -0.25) is 9.52 Å². The third kappa shape index (κ3) is 5.31. The van der Waals surface area contributed by atoms with Crippen LogP contribution in [0.2, 0.25) is 5.02 Å². The first-order valence-electron chi connectivity index (χ1n) is 10.4. The van der Waals surface area contributed by atoms with Crippen LogP contribution in [-0.2, 0) is 16.4 Å². The molecule has 0 saturated carbocycles. The molecule has 0 radical (unpaired) electrons. The van der Waals surface area contributed by atoms with Gasteiger partial charge in [0, 0.05) is 18.1 Å². The molecule has 168 valence electrons. The number of piperidine rings is 1. The van der Waals surface area contributed by atoms with E-state index in [1.807, 2.05) is 11.0 Å². The molecule has 1 fully saturated rings. The maximum atomic E-state index is 13.1. The van der Waals surface area contributed by atoms with Crippen molar-refractivity contribution in [1.29, 1.82) is 0 Å². The van der Waals surface area contributed by atoms with Gasteiger partial charge >= 0.3 is 0 Å². The lowest BCUT2D eigenvalue weighted by molar-refractivity contribution is 0.0694. The number of thiazole rings is 1. The summed E-state index contributed by atoms with van der Waals surface area (Å²) in [5, 5.41) is 0.634. The molecule has 4 rings (SSSR count). The van der Waals surface area contributed by atoms with E-state index >= 15 is 0 Å². The van der Waals surface area contributed by atoms with Crippen LogP contribution in [0.15, 0.2) is 59.5 Å². The number of nitrogens with zero attached hydrogens (tertiary/aromatic N) is 2. The second-order valence-electron chi connectivity index (χ2n) is 7.92. The maximum absolute atomic E-state index is 13.1. The molecule has 0 aliphatic carbocycles. The minimum atomic E-state index is -3.81. The Morgan fingerprint density at radius 2 is 1.78 bits per heavy atom. The molecule has 1 saturated heterocycles. The summed E-state index contributed by atoms with van der Waals surface area (Å²) in [6.07, 6.45) is 2.93. The zero-order valence-electron chi connectivity index (χ0n) is 17.6. The number of halogens is 1. The number of carbonyl (C=O) groups excluding carboxylic acids is 1. The molecular formula is C23H24ClN3O3S2. The Hall–Kier alpha value is -2.42. The summed E-state index contributed by atoms with van der Waals surface area (Å²) < 4.78 is 27.7. The molecule has 1 aromatic heterocycles. The van der Waals surface area contributed by atoms with Gasteiger partial charge in [-0.25, -0.2) is 13.4 Å². The monoisotopic (exact) mass is 489 g/mol. The summed E-state index contributed by atoms with van der Waals surface area (Å²) in [7, 11) is -3.81. The van der Waals surface area contributed by atoms with Gasteiger partial charge in [0.1, 0.15) is 4.88 Å². The van der Waals surface area contributed by atoms with Gasteiger partial charge in [-0.1, -0.05) is 53.3 Å². The summed E-state index contributed by atoms with van der Waals surface area (Å²) in [6, 6.07) is 16.3. The van der Waals surface area contributed by atoms with E-state index in [2.05, 4.69) is 34.0 Å². The average Bonchev–Trinajstić information content (AvgIpc) is 3.14. The lowest BCUT2D eigenvalue weighted by atomic mass is 9.90. The number of rotatable bonds is 6. The van der Waals surface area contributed by atoms with Crippen molar-refractivity contribution in [2.75, 3.05) is 17.8 Å². The molecule has 3 aromatic rings. The summed E-state index contributed by atoms with van der Waals surface area (Å²) in [5.74, 6) is 0.473. The highest BCUT2D eigenvalue weighted by molar-refractivity contribution is 7.93. The Morgan fingerprint density at radius 3 is 2.44 bits per heavy atom. The number of amides is 1. The Balaban J connectivity index is 1.39. The van der Waals surface area contributed by atoms with Crippen LogP contribution in [0.1, 0.15) is 33.8 Å². The third-order valence-electron chi connectivity index (χ3n) is 5.61. The number of carbonyl (C=O) groups is 1. The summed E-state index contributed by atoms with van der Waals surface area (Å²) >= 11 is 6.91. The molecule has 1 aliphatic heterocycles. The van der Waals surface area contributed by atoms with Crippen molar-refractivity contribution >= 4 is 44.0 Å². The Bertz CT molecular complexity index is 1190. The van der Waals surface area contributed by atoms with Crippen LogP contribution >= 0.6 is 22.9 Å². The van der Waals surface area contributed by atoms with Gasteiger partial charge in [-0.05, 0) is 61.9 Å². The van der Waals surface area contributed by atoms with E-state index in [0.717, 1.165) is 30.6 Å². The highest BCUT2D eigenvalue weighted by Crippen LogP contribution is 2.29. The van der Waals surface area contributed by atoms with Crippen molar-refractivity contribution in [1.82, 2.24) is 9.88 Å². The molecule has 6 nitrogen and oxygen atoms in total. The van der Waals surface area contributed by atoms with Crippen LogP contribution in [0.5, 0.6) is 0 Å². The number of hydrogen-bond donors (Lipinski definition) is 1. The van der Waals surface area contributed by atoms with Crippen molar-refractivity contribution in [2.45, 2.75) is 31.1 Å². The predicted molar refractivity (Wildman–Crippen MR) is 128 cm³/mol. The molecule has 0 atom stereocenters. The van der Waals surface area contributed by atoms with Gasteiger partial charge in [-0.15, -0.1) is 0 Å². The second-order valence-corrected chi connectivity index (χ2v) is 11.0. The van der Waals surface area contributed by atoms with Gasteiger partial charge in [-0.2, -0.15) is 0 Å². The molecule has 0 spiro atoms. The number of nitrogens with one attached hydrogen (secondary N) is 1. The number of likely N-dealkylation sites (tertiary alicyclic amines) is 1. The van der Waals surface area contributed by atoms with Crippen molar-refractivity contribution < 1.29 is 13.2 Å². The normalized spacial score (nSPS) is 15.0. The molecule has 0 unspecified atom stereocenters. The molecular weight excluding hydrogens is 466 g/mol. The van der Waals surface area contributed by atoms with Gasteiger partial charge < -0.3 is 4.90 Å². The van der Waals surface area contributed by atoms with Crippen LogP contribution in [-0.4, -0.2) is 37.3 Å².